The summed E-state index contributed by atoms with van der Waals surface area (Å²) >= 11 is 0. The summed E-state index contributed by atoms with van der Waals surface area (Å²) in [6.07, 6.45) is 4.02. The molecule has 0 saturated carbocycles. The number of benzene rings is 1. The first-order chi connectivity index (χ1) is 8.78. The van der Waals surface area contributed by atoms with Gasteiger partial charge in [0.1, 0.15) is 5.75 Å². The summed E-state index contributed by atoms with van der Waals surface area (Å²) in [7, 11) is 0. The summed E-state index contributed by atoms with van der Waals surface area (Å²) in [4.78, 5) is 8.20. The fraction of sp³-hybridized carbons (Fsp3) is 0.231. The van der Waals surface area contributed by atoms with Crippen LogP contribution in [0.5, 0.6) is 17.5 Å². The topological polar surface area (TPSA) is 70.3 Å². The van der Waals surface area contributed by atoms with Crippen LogP contribution < -0.4 is 15.2 Å². The Labute approximate surface area is 106 Å². The molecule has 0 radical (unpaired) electrons. The van der Waals surface area contributed by atoms with Crippen molar-refractivity contribution >= 4 is 5.69 Å². The molecular weight excluding hydrogens is 230 g/mol. The largest absolute Gasteiger partial charge is 0.477 e. The smallest absolute Gasteiger partial charge is 0.241 e. The molecule has 0 bridgehead atoms. The van der Waals surface area contributed by atoms with Crippen LogP contribution in [-0.4, -0.2) is 16.6 Å². The first-order valence-corrected chi connectivity index (χ1v) is 5.76. The molecule has 1 aromatic heterocycles. The van der Waals surface area contributed by atoms with Gasteiger partial charge in [-0.05, 0) is 30.7 Å². The van der Waals surface area contributed by atoms with Gasteiger partial charge in [-0.25, -0.2) is 0 Å². The molecule has 5 heteroatoms. The molecule has 1 heterocycles. The van der Waals surface area contributed by atoms with Crippen molar-refractivity contribution in [1.82, 2.24) is 9.97 Å². The second kappa shape index (κ2) is 5.86. The molecule has 94 valence electrons. The molecule has 0 unspecified atom stereocenters. The standard InChI is InChI=1S/C13H15N3O2/c1-2-7-17-12-8-15-9-13(16-12)18-11-5-3-10(14)4-6-11/h3-6,8-9H,2,7,14H2,1H3. The summed E-state index contributed by atoms with van der Waals surface area (Å²) in [5, 5.41) is 0. The second-order valence-electron chi connectivity index (χ2n) is 3.72. The Kier molecular flexibility index (Phi) is 3.96. The van der Waals surface area contributed by atoms with E-state index in [0.29, 0.717) is 29.8 Å². The van der Waals surface area contributed by atoms with E-state index < -0.39 is 0 Å². The average molecular weight is 245 g/mol. The molecule has 2 N–H and O–H groups in total. The highest BCUT2D eigenvalue weighted by Crippen LogP contribution is 2.21. The van der Waals surface area contributed by atoms with Crippen molar-refractivity contribution in [3.05, 3.63) is 36.7 Å². The van der Waals surface area contributed by atoms with Crippen molar-refractivity contribution in [2.24, 2.45) is 0 Å². The normalized spacial score (nSPS) is 10.1. The quantitative estimate of drug-likeness (QED) is 0.820. The Bertz CT molecular complexity index is 500. The van der Waals surface area contributed by atoms with E-state index in [-0.39, 0.29) is 0 Å². The zero-order chi connectivity index (χ0) is 12.8. The second-order valence-corrected chi connectivity index (χ2v) is 3.72. The molecule has 0 aliphatic rings. The minimum Gasteiger partial charge on any atom is -0.477 e. The molecule has 5 nitrogen and oxygen atoms in total. The molecule has 0 saturated heterocycles. The number of rotatable bonds is 5. The lowest BCUT2D eigenvalue weighted by Gasteiger charge is -2.06. The maximum Gasteiger partial charge on any atom is 0.241 e. The third kappa shape index (κ3) is 3.35. The Morgan fingerprint density at radius 2 is 1.83 bits per heavy atom. The molecule has 0 amide bonds. The molecule has 0 atom stereocenters. The van der Waals surface area contributed by atoms with Gasteiger partial charge in [-0.15, -0.1) is 0 Å². The van der Waals surface area contributed by atoms with Crippen molar-refractivity contribution in [2.45, 2.75) is 13.3 Å². The number of hydrogen-bond donors (Lipinski definition) is 1. The van der Waals surface area contributed by atoms with Crippen LogP contribution in [0.25, 0.3) is 0 Å². The SMILES string of the molecule is CCCOc1cncc(Oc2ccc(N)cc2)n1. The molecule has 18 heavy (non-hydrogen) atoms. The number of nitrogens with two attached hydrogens (primary N) is 1. The van der Waals surface area contributed by atoms with Crippen molar-refractivity contribution < 1.29 is 9.47 Å². The molecule has 0 spiro atoms. The fourth-order valence-electron chi connectivity index (χ4n) is 1.31. The number of nitrogen functional groups attached to an aromatic ring is 1. The highest BCUT2D eigenvalue weighted by Gasteiger charge is 2.02. The van der Waals surface area contributed by atoms with Gasteiger partial charge in [0.05, 0.1) is 19.0 Å². The highest BCUT2D eigenvalue weighted by atomic mass is 16.5. The van der Waals surface area contributed by atoms with Gasteiger partial charge in [0.2, 0.25) is 11.8 Å². The van der Waals surface area contributed by atoms with Crippen LogP contribution in [0.15, 0.2) is 36.7 Å². The van der Waals surface area contributed by atoms with Gasteiger partial charge in [0.15, 0.2) is 0 Å². The lowest BCUT2D eigenvalue weighted by atomic mass is 10.3. The van der Waals surface area contributed by atoms with E-state index in [9.17, 15) is 0 Å². The predicted molar refractivity (Wildman–Crippen MR) is 68.7 cm³/mol. The first kappa shape index (κ1) is 12.2. The monoisotopic (exact) mass is 245 g/mol. The van der Waals surface area contributed by atoms with Gasteiger partial charge in [0.25, 0.3) is 0 Å². The van der Waals surface area contributed by atoms with Crippen LogP contribution in [0.4, 0.5) is 5.69 Å². The van der Waals surface area contributed by atoms with Crippen molar-refractivity contribution in [2.75, 3.05) is 12.3 Å². The number of ether oxygens (including phenoxy) is 2. The van der Waals surface area contributed by atoms with E-state index >= 15 is 0 Å². The Balaban J connectivity index is 2.06. The van der Waals surface area contributed by atoms with Gasteiger partial charge >= 0.3 is 0 Å². The minimum atomic E-state index is 0.397. The lowest BCUT2D eigenvalue weighted by molar-refractivity contribution is 0.299. The van der Waals surface area contributed by atoms with Crippen LogP contribution in [0, 0.1) is 0 Å². The van der Waals surface area contributed by atoms with E-state index in [1.54, 1.807) is 30.5 Å². The molecule has 0 fully saturated rings. The zero-order valence-electron chi connectivity index (χ0n) is 10.2. The molecule has 0 aliphatic carbocycles. The third-order valence-corrected chi connectivity index (χ3v) is 2.15. The fourth-order valence-corrected chi connectivity index (χ4v) is 1.31. The summed E-state index contributed by atoms with van der Waals surface area (Å²) in [5.74, 6) is 1.52. The molecule has 1 aromatic carbocycles. The van der Waals surface area contributed by atoms with Gasteiger partial charge in [-0.2, -0.15) is 4.98 Å². The first-order valence-electron chi connectivity index (χ1n) is 5.76. The van der Waals surface area contributed by atoms with E-state index in [1.807, 2.05) is 6.92 Å². The maximum absolute atomic E-state index is 5.60. The van der Waals surface area contributed by atoms with E-state index in [4.69, 9.17) is 15.2 Å². The van der Waals surface area contributed by atoms with Crippen LogP contribution in [0.2, 0.25) is 0 Å². The Hall–Kier alpha value is -2.30. The molecular formula is C13H15N3O2. The van der Waals surface area contributed by atoms with E-state index in [2.05, 4.69) is 9.97 Å². The summed E-state index contributed by atoms with van der Waals surface area (Å²) in [5.41, 5.74) is 6.28. The highest BCUT2D eigenvalue weighted by molar-refractivity contribution is 5.42. The maximum atomic E-state index is 5.60. The van der Waals surface area contributed by atoms with Crippen LogP contribution in [-0.2, 0) is 0 Å². The summed E-state index contributed by atoms with van der Waals surface area (Å²) < 4.78 is 10.9. The number of nitrogens with zero attached hydrogens (tertiary/aromatic N) is 2. The third-order valence-electron chi connectivity index (χ3n) is 2.15. The van der Waals surface area contributed by atoms with Crippen molar-refractivity contribution in [3.8, 4) is 17.5 Å². The van der Waals surface area contributed by atoms with Crippen molar-refractivity contribution in [3.63, 3.8) is 0 Å². The molecule has 2 aromatic rings. The molecule has 0 aliphatic heterocycles. The van der Waals surface area contributed by atoms with Gasteiger partial charge in [0, 0.05) is 5.69 Å². The summed E-state index contributed by atoms with van der Waals surface area (Å²) in [6.45, 7) is 2.64. The summed E-state index contributed by atoms with van der Waals surface area (Å²) in [6, 6.07) is 7.08. The van der Waals surface area contributed by atoms with Gasteiger partial charge in [-0.3, -0.25) is 4.98 Å². The minimum absolute atomic E-state index is 0.397. The lowest BCUT2D eigenvalue weighted by Crippen LogP contribution is -1.99. The van der Waals surface area contributed by atoms with E-state index in [0.717, 1.165) is 6.42 Å². The Morgan fingerprint density at radius 1 is 1.11 bits per heavy atom. The number of hydrogen-bond acceptors (Lipinski definition) is 5. The van der Waals surface area contributed by atoms with Crippen molar-refractivity contribution in [1.29, 1.82) is 0 Å². The van der Waals surface area contributed by atoms with Crippen LogP contribution in [0.3, 0.4) is 0 Å². The number of aromatic nitrogens is 2. The van der Waals surface area contributed by atoms with E-state index in [1.165, 1.54) is 6.20 Å². The van der Waals surface area contributed by atoms with Crippen LogP contribution >= 0.6 is 0 Å². The van der Waals surface area contributed by atoms with Gasteiger partial charge in [-0.1, -0.05) is 6.92 Å². The Morgan fingerprint density at radius 3 is 2.56 bits per heavy atom. The van der Waals surface area contributed by atoms with Gasteiger partial charge < -0.3 is 15.2 Å². The van der Waals surface area contributed by atoms with Crippen LogP contribution in [0.1, 0.15) is 13.3 Å². The number of anilines is 1. The zero-order valence-corrected chi connectivity index (χ0v) is 10.2. The predicted octanol–water partition coefficient (Wildman–Crippen LogP) is 2.64. The molecule has 2 rings (SSSR count). The average Bonchev–Trinajstić information content (AvgIpc) is 2.40.